The van der Waals surface area contributed by atoms with E-state index in [-0.39, 0.29) is 12.2 Å². The number of benzene rings is 1. The fourth-order valence-corrected chi connectivity index (χ4v) is 1.91. The van der Waals surface area contributed by atoms with Crippen molar-refractivity contribution >= 4 is 17.3 Å². The van der Waals surface area contributed by atoms with Crippen LogP contribution in [-0.4, -0.2) is 23.2 Å². The molecule has 0 atom stereocenters. The van der Waals surface area contributed by atoms with Crippen LogP contribution in [0.3, 0.4) is 0 Å². The molecule has 18 heavy (non-hydrogen) atoms. The third kappa shape index (κ3) is 2.78. The monoisotopic (exact) mass is 265 g/mol. The summed E-state index contributed by atoms with van der Waals surface area (Å²) >= 11 is 1.47. The summed E-state index contributed by atoms with van der Waals surface area (Å²) < 4.78 is 10.6. The fourth-order valence-electron chi connectivity index (χ4n) is 1.39. The third-order valence-electron chi connectivity index (χ3n) is 2.25. The van der Waals surface area contributed by atoms with E-state index in [0.717, 1.165) is 5.01 Å². The Labute approximate surface area is 108 Å². The molecule has 0 radical (unpaired) electrons. The maximum Gasteiger partial charge on any atom is 0.335 e. The van der Waals surface area contributed by atoms with Crippen LogP contribution in [-0.2, 0) is 6.61 Å². The van der Waals surface area contributed by atoms with Crippen molar-refractivity contribution < 1.29 is 19.4 Å². The van der Waals surface area contributed by atoms with Gasteiger partial charge < -0.3 is 14.6 Å². The Bertz CT molecular complexity index is 539. The second-order valence-corrected chi connectivity index (χ2v) is 4.36. The second kappa shape index (κ2) is 5.50. The zero-order chi connectivity index (χ0) is 13.0. The number of carboxylic acids is 1. The molecule has 0 unspecified atom stereocenters. The lowest BCUT2D eigenvalue weighted by atomic mass is 10.2. The predicted molar refractivity (Wildman–Crippen MR) is 66.4 cm³/mol. The molecule has 5 nitrogen and oxygen atoms in total. The molecule has 0 aliphatic heterocycles. The van der Waals surface area contributed by atoms with E-state index in [1.807, 2.05) is 5.38 Å². The Morgan fingerprint density at radius 2 is 2.28 bits per heavy atom. The van der Waals surface area contributed by atoms with Gasteiger partial charge in [0, 0.05) is 11.6 Å². The van der Waals surface area contributed by atoms with E-state index < -0.39 is 5.97 Å². The Morgan fingerprint density at radius 1 is 1.44 bits per heavy atom. The average molecular weight is 265 g/mol. The first-order valence-electron chi connectivity index (χ1n) is 5.13. The number of thiazole rings is 1. The highest BCUT2D eigenvalue weighted by Crippen LogP contribution is 2.29. The van der Waals surface area contributed by atoms with Crippen LogP contribution in [0.15, 0.2) is 29.8 Å². The molecule has 6 heteroatoms. The quantitative estimate of drug-likeness (QED) is 0.899. The van der Waals surface area contributed by atoms with Crippen LogP contribution in [0.1, 0.15) is 15.4 Å². The van der Waals surface area contributed by atoms with Crippen LogP contribution in [0.4, 0.5) is 0 Å². The highest BCUT2D eigenvalue weighted by Gasteiger charge is 2.10. The highest BCUT2D eigenvalue weighted by molar-refractivity contribution is 7.09. The molecular formula is C12H11NO4S. The third-order valence-corrected chi connectivity index (χ3v) is 3.00. The van der Waals surface area contributed by atoms with E-state index in [2.05, 4.69) is 4.98 Å². The molecule has 0 bridgehead atoms. The van der Waals surface area contributed by atoms with Crippen LogP contribution < -0.4 is 9.47 Å². The number of hydrogen-bond acceptors (Lipinski definition) is 5. The van der Waals surface area contributed by atoms with Crippen LogP contribution >= 0.6 is 11.3 Å². The maximum atomic E-state index is 10.9. The summed E-state index contributed by atoms with van der Waals surface area (Å²) in [6, 6.07) is 4.48. The van der Waals surface area contributed by atoms with Gasteiger partial charge in [0.2, 0.25) is 0 Å². The Balaban J connectivity index is 2.18. The van der Waals surface area contributed by atoms with Crippen molar-refractivity contribution in [3.8, 4) is 11.5 Å². The molecule has 1 N–H and O–H groups in total. The molecule has 0 fully saturated rings. The van der Waals surface area contributed by atoms with Gasteiger partial charge in [-0.3, -0.25) is 0 Å². The summed E-state index contributed by atoms with van der Waals surface area (Å²) in [7, 11) is 1.51. The number of carbonyl (C=O) groups is 1. The van der Waals surface area contributed by atoms with Gasteiger partial charge in [-0.2, -0.15) is 0 Å². The maximum absolute atomic E-state index is 10.9. The first kappa shape index (κ1) is 12.4. The first-order chi connectivity index (χ1) is 8.70. The SMILES string of the molecule is COc1ccc(C(=O)O)cc1OCc1nccs1. The first-order valence-corrected chi connectivity index (χ1v) is 6.01. The standard InChI is InChI=1S/C12H11NO4S/c1-16-9-3-2-8(12(14)15)6-10(9)17-7-11-13-4-5-18-11/h2-6H,7H2,1H3,(H,14,15). The molecule has 2 rings (SSSR count). The molecule has 1 aromatic heterocycles. The molecular weight excluding hydrogens is 254 g/mol. The molecule has 0 aliphatic carbocycles. The molecule has 0 saturated heterocycles. The van der Waals surface area contributed by atoms with Crippen molar-refractivity contribution in [2.75, 3.05) is 7.11 Å². The van der Waals surface area contributed by atoms with Crippen molar-refractivity contribution in [3.63, 3.8) is 0 Å². The van der Waals surface area contributed by atoms with Crippen molar-refractivity contribution in [1.29, 1.82) is 0 Å². The lowest BCUT2D eigenvalue weighted by molar-refractivity contribution is 0.0696. The zero-order valence-corrected chi connectivity index (χ0v) is 10.4. The summed E-state index contributed by atoms with van der Waals surface area (Å²) in [6.07, 6.45) is 1.69. The lowest BCUT2D eigenvalue weighted by Gasteiger charge is -2.10. The van der Waals surface area contributed by atoms with E-state index in [0.29, 0.717) is 11.5 Å². The largest absolute Gasteiger partial charge is 0.493 e. The van der Waals surface area contributed by atoms with Gasteiger partial charge in [0.1, 0.15) is 11.6 Å². The van der Waals surface area contributed by atoms with Crippen LogP contribution in [0.2, 0.25) is 0 Å². The van der Waals surface area contributed by atoms with Gasteiger partial charge in [-0.05, 0) is 18.2 Å². The number of hydrogen-bond donors (Lipinski definition) is 1. The Hall–Kier alpha value is -2.08. The van der Waals surface area contributed by atoms with Gasteiger partial charge in [0.05, 0.1) is 12.7 Å². The second-order valence-electron chi connectivity index (χ2n) is 3.39. The molecule has 0 saturated carbocycles. The summed E-state index contributed by atoms with van der Waals surface area (Å²) in [6.45, 7) is 0.289. The van der Waals surface area contributed by atoms with Crippen molar-refractivity contribution in [2.45, 2.75) is 6.61 Å². The van der Waals surface area contributed by atoms with Crippen LogP contribution in [0.5, 0.6) is 11.5 Å². The Morgan fingerprint density at radius 3 is 2.89 bits per heavy atom. The summed E-state index contributed by atoms with van der Waals surface area (Å²) in [5.41, 5.74) is 0.157. The topological polar surface area (TPSA) is 68.7 Å². The van der Waals surface area contributed by atoms with E-state index >= 15 is 0 Å². The predicted octanol–water partition coefficient (Wildman–Crippen LogP) is 2.43. The number of carboxylic acid groups (broad SMARTS) is 1. The van der Waals surface area contributed by atoms with Gasteiger partial charge >= 0.3 is 5.97 Å². The number of nitrogens with zero attached hydrogens (tertiary/aromatic N) is 1. The molecule has 0 amide bonds. The minimum atomic E-state index is -1.00. The highest BCUT2D eigenvalue weighted by atomic mass is 32.1. The summed E-state index contributed by atoms with van der Waals surface area (Å²) in [4.78, 5) is 15.0. The number of ether oxygens (including phenoxy) is 2. The number of methoxy groups -OCH3 is 1. The van der Waals surface area contributed by atoms with Crippen LogP contribution in [0, 0.1) is 0 Å². The van der Waals surface area contributed by atoms with E-state index in [1.54, 1.807) is 12.3 Å². The molecule has 1 aromatic carbocycles. The normalized spacial score (nSPS) is 10.1. The molecule has 1 heterocycles. The van der Waals surface area contributed by atoms with Crippen LogP contribution in [0.25, 0.3) is 0 Å². The molecule has 94 valence electrons. The van der Waals surface area contributed by atoms with Gasteiger partial charge in [-0.1, -0.05) is 0 Å². The lowest BCUT2D eigenvalue weighted by Crippen LogP contribution is -2.01. The molecule has 0 aliphatic rings. The van der Waals surface area contributed by atoms with Gasteiger partial charge in [0.25, 0.3) is 0 Å². The number of rotatable bonds is 5. The molecule has 0 spiro atoms. The minimum absolute atomic E-state index is 0.157. The zero-order valence-electron chi connectivity index (χ0n) is 9.62. The van der Waals surface area contributed by atoms with E-state index in [4.69, 9.17) is 14.6 Å². The fraction of sp³-hybridized carbons (Fsp3) is 0.167. The van der Waals surface area contributed by atoms with E-state index in [9.17, 15) is 4.79 Å². The number of aromatic nitrogens is 1. The Kier molecular flexibility index (Phi) is 3.78. The van der Waals surface area contributed by atoms with E-state index in [1.165, 1.54) is 30.6 Å². The average Bonchev–Trinajstić information content (AvgIpc) is 2.89. The summed E-state index contributed by atoms with van der Waals surface area (Å²) in [5, 5.41) is 11.6. The minimum Gasteiger partial charge on any atom is -0.493 e. The molecule has 2 aromatic rings. The van der Waals surface area contributed by atoms with Gasteiger partial charge in [0.15, 0.2) is 11.5 Å². The van der Waals surface area contributed by atoms with Crippen molar-refractivity contribution in [1.82, 2.24) is 4.98 Å². The van der Waals surface area contributed by atoms with Crippen molar-refractivity contribution in [2.24, 2.45) is 0 Å². The smallest absolute Gasteiger partial charge is 0.335 e. The van der Waals surface area contributed by atoms with Gasteiger partial charge in [-0.25, -0.2) is 9.78 Å². The summed E-state index contributed by atoms with van der Waals surface area (Å²) in [5.74, 6) is -0.110. The van der Waals surface area contributed by atoms with Crippen molar-refractivity contribution in [3.05, 3.63) is 40.3 Å². The van der Waals surface area contributed by atoms with Gasteiger partial charge in [-0.15, -0.1) is 11.3 Å². The number of aromatic carboxylic acids is 1.